The van der Waals surface area contributed by atoms with Crippen LogP contribution in [0.1, 0.15) is 12.5 Å². The Morgan fingerprint density at radius 1 is 1.15 bits per heavy atom. The molecule has 0 amide bonds. The first-order chi connectivity index (χ1) is 12.8. The fourth-order valence-corrected chi connectivity index (χ4v) is 2.14. The van der Waals surface area contributed by atoms with E-state index in [2.05, 4.69) is 32.3 Å². The molecule has 0 bridgehead atoms. The zero-order chi connectivity index (χ0) is 18.9. The number of allylic oxidation sites excluding steroid dienone is 2. The Kier molecular flexibility index (Phi) is 12.7. The van der Waals surface area contributed by atoms with Gasteiger partial charge in [0.15, 0.2) is 0 Å². The molecule has 0 aliphatic carbocycles. The van der Waals surface area contributed by atoms with Crippen molar-refractivity contribution < 1.29 is 25.1 Å². The fraction of sp³-hybridized carbons (Fsp3) is 0.238. The molecule has 2 N–H and O–H groups in total. The maximum atomic E-state index is 11.0. The summed E-state index contributed by atoms with van der Waals surface area (Å²) < 4.78 is 5.50. The van der Waals surface area contributed by atoms with Gasteiger partial charge in [-0.3, -0.25) is 0 Å². The van der Waals surface area contributed by atoms with E-state index in [1.54, 1.807) is 4.92 Å². The zero-order valence-corrected chi connectivity index (χ0v) is 16.1. The van der Waals surface area contributed by atoms with E-state index in [4.69, 9.17) is 4.74 Å². The van der Waals surface area contributed by atoms with Gasteiger partial charge in [-0.15, -0.1) is 0 Å². The van der Waals surface area contributed by atoms with Gasteiger partial charge in [0, 0.05) is 0 Å². The molecule has 0 aliphatic heterocycles. The van der Waals surface area contributed by atoms with Crippen molar-refractivity contribution in [3.63, 3.8) is 0 Å². The standard InChI is InChI=1S/C15H19N2O2.C6H5.Mn/c1-3-16-9-10-17-13(2)15(11-18)19-12-14-7-5-4-6-8-14;1-2-4-6-5-3-1;/h2,4-8,16-17H,3,9-10,12H2,1H3;1-5H;/q2*-1;/b15-13-;;. The third-order valence-corrected chi connectivity index (χ3v) is 3.49. The first kappa shape index (κ1) is 21.8. The molecule has 4 nitrogen and oxygen atoms in total. The van der Waals surface area contributed by atoms with Crippen molar-refractivity contribution in [1.29, 1.82) is 0 Å². The molecule has 2 aromatic rings. The SMILES string of the molecule is CCNCCN/C([CH]=[Mn])=C(/[C-]=O)OCc1ccccc1.[c-]1ccccc1. The van der Waals surface area contributed by atoms with Crippen molar-refractivity contribution in [2.24, 2.45) is 0 Å². The van der Waals surface area contributed by atoms with E-state index in [1.807, 2.05) is 73.9 Å². The Morgan fingerprint density at radius 3 is 2.35 bits per heavy atom. The van der Waals surface area contributed by atoms with Crippen molar-refractivity contribution in [1.82, 2.24) is 10.6 Å². The second-order valence-electron chi connectivity index (χ2n) is 5.09. The molecular formula is C21H24MnN2O2-2. The van der Waals surface area contributed by atoms with E-state index < -0.39 is 0 Å². The zero-order valence-electron chi connectivity index (χ0n) is 14.9. The molecule has 0 radical (unpaired) electrons. The Hall–Kier alpha value is -2.20. The number of hydrogen-bond donors (Lipinski definition) is 2. The third kappa shape index (κ3) is 9.94. The third-order valence-electron chi connectivity index (χ3n) is 3.15. The van der Waals surface area contributed by atoms with Gasteiger partial charge in [-0.05, 0) is 0 Å². The summed E-state index contributed by atoms with van der Waals surface area (Å²) in [6, 6.07) is 22.2. The van der Waals surface area contributed by atoms with Crippen LogP contribution in [-0.2, 0) is 31.7 Å². The average Bonchev–Trinajstić information content (AvgIpc) is 2.72. The normalized spacial score (nSPS) is 10.7. The van der Waals surface area contributed by atoms with Gasteiger partial charge in [0.25, 0.3) is 0 Å². The number of nitrogens with one attached hydrogen (secondary N) is 2. The topological polar surface area (TPSA) is 50.4 Å². The summed E-state index contributed by atoms with van der Waals surface area (Å²) in [5, 5.41) is 6.31. The summed E-state index contributed by atoms with van der Waals surface area (Å²) in [5.74, 6) is 0.169. The van der Waals surface area contributed by atoms with Crippen molar-refractivity contribution in [3.8, 4) is 0 Å². The molecule has 139 valence electrons. The molecule has 26 heavy (non-hydrogen) atoms. The summed E-state index contributed by atoms with van der Waals surface area (Å²) in [5.41, 5.74) is 1.59. The summed E-state index contributed by atoms with van der Waals surface area (Å²) in [4.78, 5) is 12.6. The molecule has 0 heterocycles. The molecule has 0 aromatic heterocycles. The van der Waals surface area contributed by atoms with E-state index in [1.165, 1.54) is 0 Å². The van der Waals surface area contributed by atoms with Gasteiger partial charge in [0.05, 0.1) is 0 Å². The number of likely N-dealkylation sites (N-methyl/N-ethyl adjacent to an activating group) is 1. The van der Waals surface area contributed by atoms with E-state index in [-0.39, 0.29) is 5.76 Å². The average molecular weight is 391 g/mol. The number of rotatable bonds is 10. The number of hydrogen-bond acceptors (Lipinski definition) is 4. The fourth-order valence-electron chi connectivity index (χ4n) is 1.86. The predicted molar refractivity (Wildman–Crippen MR) is 102 cm³/mol. The number of ether oxygens (including phenoxy) is 1. The van der Waals surface area contributed by atoms with Gasteiger partial charge in [-0.25, -0.2) is 0 Å². The molecule has 0 fully saturated rings. The van der Waals surface area contributed by atoms with E-state index in [9.17, 15) is 4.79 Å². The van der Waals surface area contributed by atoms with E-state index in [0.717, 1.165) is 18.7 Å². The van der Waals surface area contributed by atoms with Gasteiger partial charge < -0.3 is 0 Å². The van der Waals surface area contributed by atoms with Crippen LogP contribution in [0.15, 0.2) is 72.1 Å². The van der Waals surface area contributed by atoms with Crippen LogP contribution in [0.4, 0.5) is 0 Å². The summed E-state index contributed by atoms with van der Waals surface area (Å²) >= 11 is 3.23. The second-order valence-corrected chi connectivity index (χ2v) is 5.43. The number of benzene rings is 2. The smallest absolute Gasteiger partial charge is 0.171 e. The molecular weight excluding hydrogens is 367 g/mol. The van der Waals surface area contributed by atoms with Crippen molar-refractivity contribution in [3.05, 3.63) is 83.7 Å². The Balaban J connectivity index is 0.000000472. The molecule has 0 unspecified atom stereocenters. The molecule has 2 rings (SSSR count). The molecule has 0 saturated heterocycles. The summed E-state index contributed by atoms with van der Waals surface area (Å²) in [6.45, 7) is 4.80. The van der Waals surface area contributed by atoms with Crippen LogP contribution in [0.5, 0.6) is 0 Å². The molecule has 0 aliphatic rings. The van der Waals surface area contributed by atoms with Crippen LogP contribution in [0.25, 0.3) is 0 Å². The first-order valence-electron chi connectivity index (χ1n) is 8.40. The second kappa shape index (κ2) is 15.1. The van der Waals surface area contributed by atoms with Crippen LogP contribution in [0.2, 0.25) is 0 Å². The summed E-state index contributed by atoms with van der Waals surface area (Å²) in [6.07, 6.45) is 1.83. The maximum Gasteiger partial charge on any atom is -0.171 e. The largest absolute Gasteiger partial charge is 0.184 e. The molecule has 2 aromatic carbocycles. The minimum absolute atomic E-state index is 0.169. The van der Waals surface area contributed by atoms with Crippen LogP contribution in [-0.4, -0.2) is 30.8 Å². The van der Waals surface area contributed by atoms with Crippen LogP contribution in [0.3, 0.4) is 0 Å². The predicted octanol–water partition coefficient (Wildman–Crippen LogP) is 2.56. The van der Waals surface area contributed by atoms with Crippen molar-refractivity contribution in [2.45, 2.75) is 13.5 Å². The van der Waals surface area contributed by atoms with Gasteiger partial charge in [-0.2, -0.15) is 36.4 Å². The number of carbonyl (C=O) groups excluding carboxylic acids is 1. The van der Waals surface area contributed by atoms with Crippen LogP contribution in [0, 0.1) is 6.07 Å². The molecule has 5 heteroatoms. The monoisotopic (exact) mass is 391 g/mol. The van der Waals surface area contributed by atoms with Gasteiger partial charge in [0.2, 0.25) is 0 Å². The first-order valence-corrected chi connectivity index (χ1v) is 9.08. The van der Waals surface area contributed by atoms with Gasteiger partial charge >= 0.3 is 127 Å². The van der Waals surface area contributed by atoms with E-state index in [0.29, 0.717) is 18.8 Å². The summed E-state index contributed by atoms with van der Waals surface area (Å²) in [7, 11) is 0. The quantitative estimate of drug-likeness (QED) is 0.215. The minimum atomic E-state index is 0.169. The minimum Gasteiger partial charge on any atom is -0.184 e. The van der Waals surface area contributed by atoms with Gasteiger partial charge in [0.1, 0.15) is 0 Å². The Labute approximate surface area is 164 Å². The maximum absolute atomic E-state index is 11.0. The van der Waals surface area contributed by atoms with E-state index >= 15 is 0 Å². The molecule has 0 atom stereocenters. The van der Waals surface area contributed by atoms with Crippen LogP contribution < -0.4 is 10.6 Å². The van der Waals surface area contributed by atoms with Crippen molar-refractivity contribution >= 4 is 11.2 Å². The Bertz CT molecular complexity index is 619. The van der Waals surface area contributed by atoms with Gasteiger partial charge in [-0.1, -0.05) is 0 Å². The molecule has 0 saturated carbocycles. The van der Waals surface area contributed by atoms with Crippen LogP contribution >= 0.6 is 0 Å². The van der Waals surface area contributed by atoms with Crippen molar-refractivity contribution in [2.75, 3.05) is 19.6 Å². The Morgan fingerprint density at radius 2 is 1.85 bits per heavy atom. The molecule has 0 spiro atoms.